The molecule has 0 spiro atoms. The standard InChI is InChI=1S/C27H35ClN4O4/c1-18-16-29-17-25(33)32(3)19(2)26(34)31-23(15-20-10-12-22(28)13-11-20)27(35)30-14-6-8-21-7-4-5-9-24(21)36-18/h4-5,7,9-13,18-19,23,29H,6,8,14-17H2,1-3H3,(H,30,35)(H,31,34)/t18-,19-,23-/m1/s1. The third-order valence-corrected chi connectivity index (χ3v) is 6.52. The number of fused-ring (bicyclic) bond motifs is 1. The van der Waals surface area contributed by atoms with E-state index in [9.17, 15) is 14.4 Å². The molecule has 0 aromatic heterocycles. The predicted octanol–water partition coefficient (Wildman–Crippen LogP) is 2.33. The molecular formula is C27H35ClN4O4. The van der Waals surface area contributed by atoms with Gasteiger partial charge >= 0.3 is 0 Å². The number of nitrogens with zero attached hydrogens (tertiary/aromatic N) is 1. The molecule has 9 heteroatoms. The highest BCUT2D eigenvalue weighted by Gasteiger charge is 2.27. The summed E-state index contributed by atoms with van der Waals surface area (Å²) in [5, 5.41) is 9.50. The summed E-state index contributed by atoms with van der Waals surface area (Å²) in [6.07, 6.45) is 1.59. The van der Waals surface area contributed by atoms with Crippen molar-refractivity contribution >= 4 is 29.3 Å². The van der Waals surface area contributed by atoms with Crippen LogP contribution in [0.3, 0.4) is 0 Å². The highest BCUT2D eigenvalue weighted by atomic mass is 35.5. The Bertz CT molecular complexity index is 1050. The van der Waals surface area contributed by atoms with Crippen molar-refractivity contribution < 1.29 is 19.1 Å². The highest BCUT2D eigenvalue weighted by Crippen LogP contribution is 2.21. The van der Waals surface area contributed by atoms with Gasteiger partial charge in [0, 0.05) is 31.6 Å². The number of nitrogens with one attached hydrogen (secondary N) is 3. The van der Waals surface area contributed by atoms with Crippen LogP contribution in [0.4, 0.5) is 0 Å². The fourth-order valence-corrected chi connectivity index (χ4v) is 4.08. The van der Waals surface area contributed by atoms with Gasteiger partial charge in [0.15, 0.2) is 0 Å². The van der Waals surface area contributed by atoms with E-state index in [2.05, 4.69) is 16.0 Å². The molecule has 8 nitrogen and oxygen atoms in total. The fraction of sp³-hybridized carbons (Fsp3) is 0.444. The Morgan fingerprint density at radius 1 is 1.03 bits per heavy atom. The Labute approximate surface area is 217 Å². The van der Waals surface area contributed by atoms with Gasteiger partial charge in [0.05, 0.1) is 6.54 Å². The van der Waals surface area contributed by atoms with Crippen LogP contribution in [0, 0.1) is 0 Å². The van der Waals surface area contributed by atoms with E-state index in [0.29, 0.717) is 31.0 Å². The van der Waals surface area contributed by atoms with Crippen molar-refractivity contribution in [1.29, 1.82) is 0 Å². The van der Waals surface area contributed by atoms with E-state index in [1.54, 1.807) is 26.1 Å². The SMILES string of the molecule is C[C@@H]1CNCC(=O)N(C)[C@H](C)C(=O)N[C@H](Cc2ccc(Cl)cc2)C(=O)NCCCc2ccccc2O1. The first-order valence-electron chi connectivity index (χ1n) is 12.3. The molecule has 2 aromatic rings. The van der Waals surface area contributed by atoms with E-state index >= 15 is 0 Å². The number of ether oxygens (including phenoxy) is 1. The number of benzene rings is 2. The molecule has 0 aliphatic carbocycles. The second kappa shape index (κ2) is 13.3. The monoisotopic (exact) mass is 514 g/mol. The van der Waals surface area contributed by atoms with Crippen molar-refractivity contribution in [2.24, 2.45) is 0 Å². The Hall–Kier alpha value is -3.10. The average Bonchev–Trinajstić information content (AvgIpc) is 2.86. The van der Waals surface area contributed by atoms with Crippen molar-refractivity contribution in [1.82, 2.24) is 20.9 Å². The largest absolute Gasteiger partial charge is 0.489 e. The van der Waals surface area contributed by atoms with Crippen LogP contribution in [-0.4, -0.2) is 67.5 Å². The van der Waals surface area contributed by atoms with Crippen LogP contribution in [0.2, 0.25) is 5.02 Å². The van der Waals surface area contributed by atoms with E-state index in [4.69, 9.17) is 16.3 Å². The molecule has 1 aliphatic rings. The Morgan fingerprint density at radius 2 is 1.75 bits per heavy atom. The Morgan fingerprint density at radius 3 is 2.50 bits per heavy atom. The van der Waals surface area contributed by atoms with Crippen molar-refractivity contribution in [3.8, 4) is 5.75 Å². The van der Waals surface area contributed by atoms with E-state index in [1.165, 1.54) is 4.90 Å². The summed E-state index contributed by atoms with van der Waals surface area (Å²) in [4.78, 5) is 40.2. The van der Waals surface area contributed by atoms with Gasteiger partial charge in [-0.3, -0.25) is 14.4 Å². The molecule has 3 N–H and O–H groups in total. The van der Waals surface area contributed by atoms with E-state index in [-0.39, 0.29) is 24.5 Å². The predicted molar refractivity (Wildman–Crippen MR) is 140 cm³/mol. The van der Waals surface area contributed by atoms with Crippen LogP contribution in [0.25, 0.3) is 0 Å². The number of rotatable bonds is 2. The van der Waals surface area contributed by atoms with Crippen LogP contribution in [0.5, 0.6) is 5.75 Å². The zero-order valence-electron chi connectivity index (χ0n) is 21.1. The van der Waals surface area contributed by atoms with E-state index < -0.39 is 18.0 Å². The lowest BCUT2D eigenvalue weighted by Gasteiger charge is -2.27. The van der Waals surface area contributed by atoms with Gasteiger partial charge in [0.1, 0.15) is 23.9 Å². The maximum Gasteiger partial charge on any atom is 0.243 e. The molecule has 0 unspecified atom stereocenters. The summed E-state index contributed by atoms with van der Waals surface area (Å²) in [5.74, 6) is -0.110. The summed E-state index contributed by atoms with van der Waals surface area (Å²) in [6, 6.07) is 13.4. The lowest BCUT2D eigenvalue weighted by atomic mass is 10.0. The number of para-hydroxylation sites is 1. The van der Waals surface area contributed by atoms with Crippen molar-refractivity contribution in [3.63, 3.8) is 0 Å². The second-order valence-corrected chi connectivity index (χ2v) is 9.57. The van der Waals surface area contributed by atoms with Crippen molar-refractivity contribution in [3.05, 3.63) is 64.7 Å². The molecule has 0 saturated heterocycles. The number of amides is 3. The summed E-state index contributed by atoms with van der Waals surface area (Å²) in [6.45, 7) is 4.58. The minimum absolute atomic E-state index is 0.0676. The number of carbonyl (C=O) groups is 3. The lowest BCUT2D eigenvalue weighted by molar-refractivity contribution is -0.138. The van der Waals surface area contributed by atoms with Gasteiger partial charge in [-0.05, 0) is 56.0 Å². The van der Waals surface area contributed by atoms with Crippen LogP contribution in [0.15, 0.2) is 48.5 Å². The maximum absolute atomic E-state index is 13.1. The second-order valence-electron chi connectivity index (χ2n) is 9.13. The Balaban J connectivity index is 1.79. The van der Waals surface area contributed by atoms with Crippen LogP contribution in [-0.2, 0) is 27.2 Å². The Kier molecular flexibility index (Phi) is 10.1. The molecule has 3 atom stereocenters. The quantitative estimate of drug-likeness (QED) is 0.571. The first-order chi connectivity index (χ1) is 17.2. The van der Waals surface area contributed by atoms with Crippen LogP contribution >= 0.6 is 11.6 Å². The number of hydrogen-bond acceptors (Lipinski definition) is 5. The molecule has 0 radical (unpaired) electrons. The zero-order chi connectivity index (χ0) is 26.1. The molecule has 2 aromatic carbocycles. The van der Waals surface area contributed by atoms with Gasteiger partial charge in [0.2, 0.25) is 17.7 Å². The van der Waals surface area contributed by atoms with Gasteiger partial charge in [-0.2, -0.15) is 0 Å². The molecule has 0 saturated carbocycles. The maximum atomic E-state index is 13.1. The molecular weight excluding hydrogens is 480 g/mol. The summed E-state index contributed by atoms with van der Waals surface area (Å²) >= 11 is 6.00. The molecule has 0 bridgehead atoms. The molecule has 0 fully saturated rings. The number of hydrogen-bond donors (Lipinski definition) is 3. The van der Waals surface area contributed by atoms with Gasteiger partial charge in [-0.25, -0.2) is 0 Å². The number of carbonyl (C=O) groups excluding carboxylic acids is 3. The smallest absolute Gasteiger partial charge is 0.243 e. The minimum Gasteiger partial charge on any atom is -0.489 e. The molecule has 3 amide bonds. The van der Waals surface area contributed by atoms with Gasteiger partial charge in [-0.15, -0.1) is 0 Å². The molecule has 1 heterocycles. The molecule has 36 heavy (non-hydrogen) atoms. The number of halogens is 1. The van der Waals surface area contributed by atoms with Crippen LogP contribution in [0.1, 0.15) is 31.4 Å². The lowest BCUT2D eigenvalue weighted by Crippen LogP contribution is -2.54. The molecule has 1 aliphatic heterocycles. The highest BCUT2D eigenvalue weighted by molar-refractivity contribution is 6.30. The summed E-state index contributed by atoms with van der Waals surface area (Å²) in [5.41, 5.74) is 1.92. The van der Waals surface area contributed by atoms with Crippen LogP contribution < -0.4 is 20.7 Å². The third kappa shape index (κ3) is 7.96. The van der Waals surface area contributed by atoms with E-state index in [1.807, 2.05) is 43.3 Å². The third-order valence-electron chi connectivity index (χ3n) is 6.27. The first-order valence-corrected chi connectivity index (χ1v) is 12.7. The van der Waals surface area contributed by atoms with Gasteiger partial charge in [-0.1, -0.05) is 41.9 Å². The van der Waals surface area contributed by atoms with Crippen molar-refractivity contribution in [2.45, 2.75) is 51.3 Å². The van der Waals surface area contributed by atoms with Crippen molar-refractivity contribution in [2.75, 3.05) is 26.7 Å². The average molecular weight is 515 g/mol. The first kappa shape index (κ1) is 27.5. The normalized spacial score (nSPS) is 22.9. The zero-order valence-corrected chi connectivity index (χ0v) is 21.8. The number of aryl methyl sites for hydroxylation is 1. The van der Waals surface area contributed by atoms with E-state index in [0.717, 1.165) is 23.3 Å². The summed E-state index contributed by atoms with van der Waals surface area (Å²) in [7, 11) is 1.58. The fourth-order valence-electron chi connectivity index (χ4n) is 3.95. The molecule has 3 rings (SSSR count). The number of likely N-dealkylation sites (N-methyl/N-ethyl adjacent to an activating group) is 1. The molecule has 194 valence electrons. The van der Waals surface area contributed by atoms with Gasteiger partial charge < -0.3 is 25.6 Å². The topological polar surface area (TPSA) is 99.8 Å². The summed E-state index contributed by atoms with van der Waals surface area (Å²) < 4.78 is 6.11. The minimum atomic E-state index is -0.793. The van der Waals surface area contributed by atoms with Gasteiger partial charge in [0.25, 0.3) is 0 Å².